The molecule has 0 aliphatic carbocycles. The second-order valence-electron chi connectivity index (χ2n) is 3.83. The highest BCUT2D eigenvalue weighted by Gasteiger charge is 2.45. The van der Waals surface area contributed by atoms with Crippen LogP contribution in [0.3, 0.4) is 0 Å². The zero-order valence-corrected chi connectivity index (χ0v) is 10.5. The average molecular weight is 325 g/mol. The third kappa shape index (κ3) is 2.14. The fraction of sp³-hybridized carbons (Fsp3) is 0.556. The number of rotatable bonds is 2. The van der Waals surface area contributed by atoms with Crippen molar-refractivity contribution in [3.63, 3.8) is 0 Å². The second kappa shape index (κ2) is 4.92. The summed E-state index contributed by atoms with van der Waals surface area (Å²) in [5.74, 6) is 0. The Morgan fingerprint density at radius 1 is 1.56 bits per heavy atom. The highest BCUT2D eigenvalue weighted by Crippen LogP contribution is 2.30. The van der Waals surface area contributed by atoms with Crippen LogP contribution < -0.4 is 11.2 Å². The van der Waals surface area contributed by atoms with Crippen molar-refractivity contribution in [2.45, 2.75) is 24.6 Å². The summed E-state index contributed by atoms with van der Waals surface area (Å²) >= 11 is 2.90. The monoisotopic (exact) mass is 324 g/mol. The van der Waals surface area contributed by atoms with Gasteiger partial charge >= 0.3 is 5.69 Å². The normalized spacial score (nSPS) is 31.8. The Morgan fingerprint density at radius 3 is 2.78 bits per heavy atom. The number of aliphatic hydroxyl groups excluding tert-OH is 2. The molecule has 0 aromatic carbocycles. The van der Waals surface area contributed by atoms with Crippen LogP contribution in [-0.2, 0) is 4.74 Å². The molecule has 100 valence electrons. The molecular formula is C9H10BrFN2O5. The zero-order valence-electron chi connectivity index (χ0n) is 8.92. The number of alkyl halides is 1. The van der Waals surface area contributed by atoms with Gasteiger partial charge in [0.2, 0.25) is 0 Å². The Bertz CT molecular complexity index is 559. The molecule has 1 aliphatic heterocycles. The van der Waals surface area contributed by atoms with Crippen molar-refractivity contribution in [3.8, 4) is 0 Å². The lowest BCUT2D eigenvalue weighted by Crippen LogP contribution is -2.36. The van der Waals surface area contributed by atoms with Crippen LogP contribution in [0.2, 0.25) is 0 Å². The Labute approximate surface area is 108 Å². The van der Waals surface area contributed by atoms with Gasteiger partial charge in [0, 0.05) is 6.20 Å². The van der Waals surface area contributed by atoms with Gasteiger partial charge in [0.1, 0.15) is 12.2 Å². The summed E-state index contributed by atoms with van der Waals surface area (Å²) in [6.07, 6.45) is -4.83. The lowest BCUT2D eigenvalue weighted by atomic mass is 10.1. The van der Waals surface area contributed by atoms with Gasteiger partial charge < -0.3 is 14.9 Å². The summed E-state index contributed by atoms with van der Waals surface area (Å²) in [5, 5.41) is 18.3. The summed E-state index contributed by atoms with van der Waals surface area (Å²) in [5.41, 5.74) is -1.51. The van der Waals surface area contributed by atoms with Crippen LogP contribution in [0.5, 0.6) is 0 Å². The molecular weight excluding hydrogens is 315 g/mol. The summed E-state index contributed by atoms with van der Waals surface area (Å²) in [4.78, 5) is 24.6. The molecule has 18 heavy (non-hydrogen) atoms. The second-order valence-corrected chi connectivity index (χ2v) is 4.68. The van der Waals surface area contributed by atoms with E-state index in [1.165, 1.54) is 0 Å². The number of hydrogen-bond acceptors (Lipinski definition) is 5. The maximum absolute atomic E-state index is 13.8. The number of H-pyrrole nitrogens is 1. The van der Waals surface area contributed by atoms with Gasteiger partial charge in [0.15, 0.2) is 12.4 Å². The van der Waals surface area contributed by atoms with E-state index < -0.39 is 42.5 Å². The van der Waals surface area contributed by atoms with Crippen LogP contribution in [0.4, 0.5) is 4.39 Å². The Morgan fingerprint density at radius 2 is 2.22 bits per heavy atom. The van der Waals surface area contributed by atoms with E-state index in [0.29, 0.717) is 0 Å². The first-order valence-electron chi connectivity index (χ1n) is 5.05. The molecule has 1 aliphatic rings. The predicted octanol–water partition coefficient (Wildman–Crippen LogP) is -1.11. The van der Waals surface area contributed by atoms with E-state index in [-0.39, 0.29) is 4.47 Å². The topological polar surface area (TPSA) is 105 Å². The largest absolute Gasteiger partial charge is 0.394 e. The minimum Gasteiger partial charge on any atom is -0.394 e. The Hall–Kier alpha value is -1.03. The predicted molar refractivity (Wildman–Crippen MR) is 60.9 cm³/mol. The molecule has 1 saturated heterocycles. The first kappa shape index (κ1) is 13.4. The molecule has 0 saturated carbocycles. The summed E-state index contributed by atoms with van der Waals surface area (Å²) in [7, 11) is 0. The van der Waals surface area contributed by atoms with Gasteiger partial charge in [-0.2, -0.15) is 0 Å². The molecule has 2 rings (SSSR count). The van der Waals surface area contributed by atoms with Gasteiger partial charge in [-0.3, -0.25) is 14.3 Å². The summed E-state index contributed by atoms with van der Waals surface area (Å²) in [6, 6.07) is 0. The third-order valence-electron chi connectivity index (χ3n) is 2.67. The molecule has 7 nitrogen and oxygen atoms in total. The molecule has 1 aromatic rings. The van der Waals surface area contributed by atoms with Gasteiger partial charge in [0.25, 0.3) is 5.56 Å². The molecule has 0 unspecified atom stereocenters. The maximum atomic E-state index is 13.8. The molecule has 0 spiro atoms. The van der Waals surface area contributed by atoms with E-state index in [9.17, 15) is 19.1 Å². The van der Waals surface area contributed by atoms with E-state index >= 15 is 0 Å². The van der Waals surface area contributed by atoms with Crippen LogP contribution in [0.1, 0.15) is 6.23 Å². The molecule has 2 heterocycles. The van der Waals surface area contributed by atoms with Crippen molar-refractivity contribution in [1.29, 1.82) is 0 Å². The molecule has 3 N–H and O–H groups in total. The number of halogens is 2. The standard InChI is InChI=1S/C9H10BrFN2O5/c10-3-1-13(9(17)12-7(3)16)8-5(11)6(15)4(2-14)18-8/h1,4-6,8,14-15H,2H2,(H,12,16,17)/t4-,5+,6-,8-/m0/s1. The van der Waals surface area contributed by atoms with E-state index in [1.54, 1.807) is 0 Å². The van der Waals surface area contributed by atoms with Crippen LogP contribution in [-0.4, -0.2) is 44.8 Å². The molecule has 0 amide bonds. The lowest BCUT2D eigenvalue weighted by Gasteiger charge is -2.15. The first-order chi connectivity index (χ1) is 8.45. The minimum atomic E-state index is -1.88. The molecule has 1 fully saturated rings. The molecule has 1 aromatic heterocycles. The molecule has 9 heteroatoms. The SMILES string of the molecule is O=c1[nH]c(=O)n([C@H]2O[C@@H](CO)[C@H](O)[C@H]2F)cc1Br. The van der Waals surface area contributed by atoms with Crippen molar-refractivity contribution < 1.29 is 19.3 Å². The molecule has 0 radical (unpaired) electrons. The number of ether oxygens (including phenoxy) is 1. The van der Waals surface area contributed by atoms with Gasteiger partial charge in [0.05, 0.1) is 11.1 Å². The van der Waals surface area contributed by atoms with E-state index in [2.05, 4.69) is 15.9 Å². The number of hydrogen-bond donors (Lipinski definition) is 3. The average Bonchev–Trinajstić information content (AvgIpc) is 2.61. The minimum absolute atomic E-state index is 0.0276. The quantitative estimate of drug-likeness (QED) is 0.639. The van der Waals surface area contributed by atoms with Gasteiger partial charge in [-0.05, 0) is 15.9 Å². The molecule has 0 bridgehead atoms. The number of nitrogens with one attached hydrogen (secondary N) is 1. The number of nitrogens with zero attached hydrogens (tertiary/aromatic N) is 1. The van der Waals surface area contributed by atoms with Gasteiger partial charge in [-0.1, -0.05) is 0 Å². The lowest BCUT2D eigenvalue weighted by molar-refractivity contribution is -0.0492. The fourth-order valence-corrected chi connectivity index (χ4v) is 2.05. The summed E-state index contributed by atoms with van der Waals surface area (Å²) in [6.45, 7) is -0.572. The van der Waals surface area contributed by atoms with Crippen molar-refractivity contribution in [2.75, 3.05) is 6.61 Å². The highest BCUT2D eigenvalue weighted by molar-refractivity contribution is 9.10. The van der Waals surface area contributed by atoms with Crippen molar-refractivity contribution >= 4 is 15.9 Å². The third-order valence-corrected chi connectivity index (χ3v) is 3.24. The van der Waals surface area contributed by atoms with Crippen LogP contribution >= 0.6 is 15.9 Å². The Balaban J connectivity index is 2.42. The first-order valence-corrected chi connectivity index (χ1v) is 5.84. The van der Waals surface area contributed by atoms with Crippen molar-refractivity contribution in [1.82, 2.24) is 9.55 Å². The van der Waals surface area contributed by atoms with Crippen LogP contribution in [0, 0.1) is 0 Å². The highest BCUT2D eigenvalue weighted by atomic mass is 79.9. The van der Waals surface area contributed by atoms with E-state index in [1.807, 2.05) is 4.98 Å². The van der Waals surface area contributed by atoms with Crippen molar-refractivity contribution in [3.05, 3.63) is 31.5 Å². The van der Waals surface area contributed by atoms with Gasteiger partial charge in [-0.15, -0.1) is 0 Å². The van der Waals surface area contributed by atoms with Crippen LogP contribution in [0.25, 0.3) is 0 Å². The smallest absolute Gasteiger partial charge is 0.330 e. The van der Waals surface area contributed by atoms with E-state index in [4.69, 9.17) is 9.84 Å². The van der Waals surface area contributed by atoms with Gasteiger partial charge in [-0.25, -0.2) is 9.18 Å². The number of aromatic nitrogens is 2. The number of aliphatic hydroxyl groups is 2. The fourth-order valence-electron chi connectivity index (χ4n) is 1.73. The maximum Gasteiger partial charge on any atom is 0.330 e. The van der Waals surface area contributed by atoms with Crippen molar-refractivity contribution in [2.24, 2.45) is 0 Å². The zero-order chi connectivity index (χ0) is 13.4. The number of aromatic amines is 1. The van der Waals surface area contributed by atoms with E-state index in [0.717, 1.165) is 10.8 Å². The Kier molecular flexibility index (Phi) is 3.66. The van der Waals surface area contributed by atoms with Crippen LogP contribution in [0.15, 0.2) is 20.3 Å². The summed E-state index contributed by atoms with van der Waals surface area (Å²) < 4.78 is 19.6. The molecule has 4 atom stereocenters.